The van der Waals surface area contributed by atoms with Gasteiger partial charge in [-0.15, -0.1) is 0 Å². The number of benzene rings is 1. The third kappa shape index (κ3) is 1.70. The quantitative estimate of drug-likeness (QED) is 0.659. The first-order valence-corrected chi connectivity index (χ1v) is 5.42. The van der Waals surface area contributed by atoms with Crippen LogP contribution in [0.5, 0.6) is 0 Å². The third-order valence-corrected chi connectivity index (χ3v) is 2.79. The molecule has 0 radical (unpaired) electrons. The van der Waals surface area contributed by atoms with Crippen LogP contribution in [0.15, 0.2) is 35.0 Å². The van der Waals surface area contributed by atoms with E-state index in [4.69, 9.17) is 16.0 Å². The smallest absolute Gasteiger partial charge is 0.306 e. The van der Waals surface area contributed by atoms with Gasteiger partial charge in [0.2, 0.25) is 0 Å². The summed E-state index contributed by atoms with van der Waals surface area (Å²) in [5.41, 5.74) is 1.35. The molecule has 86 valence electrons. The molecule has 3 aromatic rings. The number of imidazole rings is 1. The first-order chi connectivity index (χ1) is 8.13. The number of hydrogen-bond acceptors (Lipinski definition) is 2. The lowest BCUT2D eigenvalue weighted by molar-refractivity contribution is 0.563. The molecule has 0 saturated carbocycles. The van der Waals surface area contributed by atoms with E-state index in [2.05, 4.69) is 4.98 Å². The number of rotatable bonds is 1. The second kappa shape index (κ2) is 3.60. The standard InChI is InChI=1S/C12H8ClFN2O/c1-7-5-16-6-11(15-12(16)17-7)9-3-2-8(14)4-10(9)13/h2-6H,1H3. The van der Waals surface area contributed by atoms with Gasteiger partial charge >= 0.3 is 5.84 Å². The van der Waals surface area contributed by atoms with Gasteiger partial charge in [0.1, 0.15) is 11.6 Å². The Bertz CT molecular complexity index is 670. The number of aromatic nitrogens is 2. The van der Waals surface area contributed by atoms with Crippen LogP contribution in [0.25, 0.3) is 17.1 Å². The molecular weight excluding hydrogens is 243 g/mol. The summed E-state index contributed by atoms with van der Waals surface area (Å²) in [6.45, 7) is 1.85. The molecule has 0 spiro atoms. The predicted octanol–water partition coefficient (Wildman–Crippen LogP) is 3.70. The van der Waals surface area contributed by atoms with Crippen molar-refractivity contribution in [2.75, 3.05) is 0 Å². The summed E-state index contributed by atoms with van der Waals surface area (Å²) in [4.78, 5) is 4.28. The SMILES string of the molecule is Cc1cn2cc(-c3ccc(F)cc3Cl)nc2o1. The zero-order valence-corrected chi connectivity index (χ0v) is 9.70. The Morgan fingerprint density at radius 2 is 2.18 bits per heavy atom. The second-order valence-electron chi connectivity index (χ2n) is 3.78. The molecule has 3 nitrogen and oxygen atoms in total. The highest BCUT2D eigenvalue weighted by Crippen LogP contribution is 2.28. The Balaban J connectivity index is 2.16. The van der Waals surface area contributed by atoms with Crippen molar-refractivity contribution >= 4 is 17.4 Å². The number of nitrogens with zero attached hydrogens (tertiary/aromatic N) is 2. The van der Waals surface area contributed by atoms with Crippen LogP contribution in [-0.4, -0.2) is 9.38 Å². The molecule has 3 rings (SSSR count). The van der Waals surface area contributed by atoms with E-state index < -0.39 is 0 Å². The van der Waals surface area contributed by atoms with E-state index in [-0.39, 0.29) is 5.82 Å². The molecule has 17 heavy (non-hydrogen) atoms. The molecule has 0 fully saturated rings. The van der Waals surface area contributed by atoms with Crippen molar-refractivity contribution in [1.29, 1.82) is 0 Å². The van der Waals surface area contributed by atoms with Gasteiger partial charge in [-0.3, -0.25) is 4.40 Å². The molecule has 0 aliphatic carbocycles. The van der Waals surface area contributed by atoms with Crippen LogP contribution in [0.4, 0.5) is 4.39 Å². The maximum atomic E-state index is 12.9. The topological polar surface area (TPSA) is 30.4 Å². The Morgan fingerprint density at radius 1 is 1.35 bits per heavy atom. The summed E-state index contributed by atoms with van der Waals surface area (Å²) < 4.78 is 20.1. The van der Waals surface area contributed by atoms with Crippen molar-refractivity contribution in [2.24, 2.45) is 0 Å². The second-order valence-corrected chi connectivity index (χ2v) is 4.19. The molecule has 0 unspecified atom stereocenters. The zero-order chi connectivity index (χ0) is 12.0. The van der Waals surface area contributed by atoms with E-state index in [9.17, 15) is 4.39 Å². The van der Waals surface area contributed by atoms with Gasteiger partial charge in [0, 0.05) is 11.8 Å². The fourth-order valence-corrected chi connectivity index (χ4v) is 2.00. The summed E-state index contributed by atoms with van der Waals surface area (Å²) in [5, 5.41) is 0.336. The fourth-order valence-electron chi connectivity index (χ4n) is 1.74. The Hall–Kier alpha value is -1.81. The predicted molar refractivity (Wildman–Crippen MR) is 62.6 cm³/mol. The van der Waals surface area contributed by atoms with Crippen molar-refractivity contribution in [1.82, 2.24) is 9.38 Å². The minimum Gasteiger partial charge on any atom is -0.429 e. The summed E-state index contributed by atoms with van der Waals surface area (Å²) in [7, 11) is 0. The van der Waals surface area contributed by atoms with Crippen molar-refractivity contribution in [3.05, 3.63) is 47.2 Å². The summed E-state index contributed by atoms with van der Waals surface area (Å²) in [6.07, 6.45) is 3.62. The van der Waals surface area contributed by atoms with Crippen molar-refractivity contribution in [3.8, 4) is 11.3 Å². The van der Waals surface area contributed by atoms with E-state index in [1.54, 1.807) is 16.7 Å². The molecule has 2 heterocycles. The van der Waals surface area contributed by atoms with Gasteiger partial charge in [-0.25, -0.2) is 4.39 Å². The van der Waals surface area contributed by atoms with Crippen LogP contribution in [0, 0.1) is 12.7 Å². The molecule has 5 heteroatoms. The minimum atomic E-state index is -0.363. The molecule has 0 N–H and O–H groups in total. The highest BCUT2D eigenvalue weighted by Gasteiger charge is 2.11. The average molecular weight is 251 g/mol. The molecule has 0 atom stereocenters. The van der Waals surface area contributed by atoms with E-state index in [0.29, 0.717) is 22.1 Å². The van der Waals surface area contributed by atoms with Crippen LogP contribution >= 0.6 is 11.6 Å². The van der Waals surface area contributed by atoms with E-state index >= 15 is 0 Å². The summed E-state index contributed by atoms with van der Waals surface area (Å²) in [6, 6.07) is 4.23. The van der Waals surface area contributed by atoms with E-state index in [0.717, 1.165) is 5.76 Å². The molecular formula is C12H8ClFN2O. The Morgan fingerprint density at radius 3 is 2.88 bits per heavy atom. The van der Waals surface area contributed by atoms with Crippen LogP contribution in [0.2, 0.25) is 5.02 Å². The molecule has 0 aliphatic rings. The monoisotopic (exact) mass is 250 g/mol. The number of halogens is 2. The van der Waals surface area contributed by atoms with Crippen molar-refractivity contribution in [3.63, 3.8) is 0 Å². The Kier molecular flexibility index (Phi) is 2.19. The van der Waals surface area contributed by atoms with Crippen molar-refractivity contribution in [2.45, 2.75) is 6.92 Å². The van der Waals surface area contributed by atoms with Gasteiger partial charge < -0.3 is 4.42 Å². The highest BCUT2D eigenvalue weighted by molar-refractivity contribution is 6.33. The number of hydrogen-bond donors (Lipinski definition) is 0. The van der Waals surface area contributed by atoms with Gasteiger partial charge in [0.15, 0.2) is 0 Å². The molecule has 2 aromatic heterocycles. The maximum absolute atomic E-state index is 12.9. The maximum Gasteiger partial charge on any atom is 0.306 e. The Labute approximate surface area is 101 Å². The van der Waals surface area contributed by atoms with E-state index in [1.807, 2.05) is 13.1 Å². The van der Waals surface area contributed by atoms with Gasteiger partial charge in [-0.05, 0) is 25.1 Å². The first kappa shape index (κ1) is 10.4. The summed E-state index contributed by atoms with van der Waals surface area (Å²) in [5.74, 6) is 0.916. The van der Waals surface area contributed by atoms with Gasteiger partial charge in [-0.1, -0.05) is 11.6 Å². The highest BCUT2D eigenvalue weighted by atomic mass is 35.5. The molecule has 0 amide bonds. The molecule has 1 aromatic carbocycles. The van der Waals surface area contributed by atoms with Crippen LogP contribution in [0.1, 0.15) is 5.76 Å². The lowest BCUT2D eigenvalue weighted by Gasteiger charge is -1.99. The number of oxazole rings is 1. The normalized spacial score (nSPS) is 11.2. The van der Waals surface area contributed by atoms with Crippen LogP contribution < -0.4 is 0 Å². The molecule has 0 aliphatic heterocycles. The van der Waals surface area contributed by atoms with Crippen LogP contribution in [0.3, 0.4) is 0 Å². The summed E-state index contributed by atoms with van der Waals surface area (Å²) >= 11 is 5.97. The number of aryl methyl sites for hydroxylation is 1. The van der Waals surface area contributed by atoms with Gasteiger partial charge in [0.05, 0.1) is 16.9 Å². The fraction of sp³-hybridized carbons (Fsp3) is 0.0833. The van der Waals surface area contributed by atoms with Gasteiger partial charge in [0.25, 0.3) is 0 Å². The average Bonchev–Trinajstić information content (AvgIpc) is 2.74. The molecule has 0 saturated heterocycles. The molecule has 0 bridgehead atoms. The van der Waals surface area contributed by atoms with Gasteiger partial charge in [-0.2, -0.15) is 4.98 Å². The lowest BCUT2D eigenvalue weighted by atomic mass is 10.2. The third-order valence-electron chi connectivity index (χ3n) is 2.48. The van der Waals surface area contributed by atoms with Crippen LogP contribution in [-0.2, 0) is 0 Å². The minimum absolute atomic E-state index is 0.336. The first-order valence-electron chi connectivity index (χ1n) is 5.04. The largest absolute Gasteiger partial charge is 0.429 e. The zero-order valence-electron chi connectivity index (χ0n) is 8.95. The lowest BCUT2D eigenvalue weighted by Crippen LogP contribution is -1.81. The van der Waals surface area contributed by atoms with Crippen molar-refractivity contribution < 1.29 is 8.81 Å². The number of fused-ring (bicyclic) bond motifs is 1. The van der Waals surface area contributed by atoms with E-state index in [1.165, 1.54) is 12.1 Å².